The van der Waals surface area contributed by atoms with Gasteiger partial charge >= 0.3 is 0 Å². The maximum absolute atomic E-state index is 10.7. The summed E-state index contributed by atoms with van der Waals surface area (Å²) in [6.07, 6.45) is 1.83. The molecule has 0 aliphatic carbocycles. The third-order valence-corrected chi connectivity index (χ3v) is 2.83. The van der Waals surface area contributed by atoms with Gasteiger partial charge in [0, 0.05) is 12.1 Å². The summed E-state index contributed by atoms with van der Waals surface area (Å²) >= 11 is 6.03. The molecule has 2 aromatic rings. The van der Waals surface area contributed by atoms with E-state index in [9.17, 15) is 10.1 Å². The lowest BCUT2D eigenvalue weighted by Gasteiger charge is -2.00. The monoisotopic (exact) mass is 237 g/mol. The third kappa shape index (κ3) is 1.72. The summed E-state index contributed by atoms with van der Waals surface area (Å²) in [5.74, 6) is 0. The second-order valence-corrected chi connectivity index (χ2v) is 3.82. The summed E-state index contributed by atoms with van der Waals surface area (Å²) in [6, 6.07) is 6.49. The smallest absolute Gasteiger partial charge is 0.258 e. The number of nitrogens with zero attached hydrogens (tertiary/aromatic N) is 2. The predicted octanol–water partition coefficient (Wildman–Crippen LogP) is 2.71. The molecular formula is C11H10ClN2O2+. The number of benzene rings is 1. The molecule has 0 bridgehead atoms. The molecule has 0 spiro atoms. The maximum atomic E-state index is 10.7. The van der Waals surface area contributed by atoms with Crippen molar-refractivity contribution >= 4 is 28.2 Å². The van der Waals surface area contributed by atoms with Crippen LogP contribution in [0.5, 0.6) is 0 Å². The number of non-ortho nitro benzene ring substituents is 1. The quantitative estimate of drug-likeness (QED) is 0.458. The molecule has 0 fully saturated rings. The lowest BCUT2D eigenvalue weighted by molar-refractivity contribution is -0.667. The molecule has 0 saturated heterocycles. The molecule has 1 aromatic carbocycles. The number of hydrogen-bond donors (Lipinski definition) is 0. The van der Waals surface area contributed by atoms with Gasteiger partial charge in [0.05, 0.1) is 21.4 Å². The standard InChI is InChI=1S/C11H10ClN2O2/c1-2-13-6-5-10(12)9-4-3-8(14(15)16)7-11(9)13/h3-7H,2H2,1H3/q+1. The second kappa shape index (κ2) is 4.06. The summed E-state index contributed by atoms with van der Waals surface area (Å²) in [7, 11) is 0. The van der Waals surface area contributed by atoms with Gasteiger partial charge in [0.15, 0.2) is 6.20 Å². The van der Waals surface area contributed by atoms with Crippen molar-refractivity contribution in [2.75, 3.05) is 0 Å². The van der Waals surface area contributed by atoms with E-state index in [4.69, 9.17) is 11.6 Å². The van der Waals surface area contributed by atoms with Crippen molar-refractivity contribution in [2.24, 2.45) is 0 Å². The van der Waals surface area contributed by atoms with E-state index < -0.39 is 4.92 Å². The normalized spacial score (nSPS) is 10.6. The van der Waals surface area contributed by atoms with Gasteiger partial charge in [0.1, 0.15) is 6.54 Å². The number of aryl methyl sites for hydroxylation is 1. The number of halogens is 1. The summed E-state index contributed by atoms with van der Waals surface area (Å²) in [5.41, 5.74) is 0.862. The summed E-state index contributed by atoms with van der Waals surface area (Å²) in [6.45, 7) is 2.72. The Labute approximate surface area is 97.2 Å². The van der Waals surface area contributed by atoms with Crippen LogP contribution < -0.4 is 4.57 Å². The fourth-order valence-electron chi connectivity index (χ4n) is 1.67. The molecule has 2 rings (SSSR count). The topological polar surface area (TPSA) is 47.0 Å². The molecule has 16 heavy (non-hydrogen) atoms. The lowest BCUT2D eigenvalue weighted by atomic mass is 10.2. The molecule has 4 nitrogen and oxygen atoms in total. The fraction of sp³-hybridized carbons (Fsp3) is 0.182. The Balaban J connectivity index is 2.79. The number of aromatic nitrogens is 1. The molecule has 5 heteroatoms. The minimum atomic E-state index is -0.402. The molecule has 0 amide bonds. The average molecular weight is 238 g/mol. The first-order chi connectivity index (χ1) is 7.63. The molecule has 0 aliphatic heterocycles. The Kier molecular flexibility index (Phi) is 2.75. The van der Waals surface area contributed by atoms with Crippen molar-refractivity contribution in [3.63, 3.8) is 0 Å². The molecule has 0 N–H and O–H groups in total. The highest BCUT2D eigenvalue weighted by atomic mass is 35.5. The largest absolute Gasteiger partial charge is 0.276 e. The van der Waals surface area contributed by atoms with E-state index in [1.807, 2.05) is 17.7 Å². The Hall–Kier alpha value is -1.68. The minimum absolute atomic E-state index is 0.0805. The van der Waals surface area contributed by atoms with Crippen LogP contribution in [0, 0.1) is 10.1 Å². The van der Waals surface area contributed by atoms with Crippen molar-refractivity contribution in [3.8, 4) is 0 Å². The molecule has 0 unspecified atom stereocenters. The van der Waals surface area contributed by atoms with Crippen LogP contribution in [0.4, 0.5) is 5.69 Å². The average Bonchev–Trinajstić information content (AvgIpc) is 2.29. The molecule has 0 radical (unpaired) electrons. The second-order valence-electron chi connectivity index (χ2n) is 3.41. The number of pyridine rings is 1. The van der Waals surface area contributed by atoms with E-state index >= 15 is 0 Å². The molecule has 82 valence electrons. The number of nitro groups is 1. The van der Waals surface area contributed by atoms with Crippen molar-refractivity contribution < 1.29 is 9.49 Å². The first-order valence-corrected chi connectivity index (χ1v) is 5.27. The predicted molar refractivity (Wildman–Crippen MR) is 61.5 cm³/mol. The van der Waals surface area contributed by atoms with Crippen LogP contribution in [-0.2, 0) is 6.54 Å². The van der Waals surface area contributed by atoms with E-state index in [1.54, 1.807) is 18.2 Å². The van der Waals surface area contributed by atoms with Gasteiger partial charge < -0.3 is 0 Å². The van der Waals surface area contributed by atoms with Gasteiger partial charge in [-0.1, -0.05) is 11.6 Å². The van der Waals surface area contributed by atoms with Crippen molar-refractivity contribution in [1.82, 2.24) is 0 Å². The third-order valence-electron chi connectivity index (χ3n) is 2.50. The SMILES string of the molecule is CC[n+]1ccc(Cl)c2ccc([N+](=O)[O-])cc21. The molecule has 0 atom stereocenters. The molecule has 1 aromatic heterocycles. The van der Waals surface area contributed by atoms with Gasteiger partial charge in [0.25, 0.3) is 5.69 Å². The zero-order valence-corrected chi connectivity index (χ0v) is 9.44. The summed E-state index contributed by atoms with van der Waals surface area (Å²) in [4.78, 5) is 10.3. The van der Waals surface area contributed by atoms with Crippen LogP contribution in [-0.4, -0.2) is 4.92 Å². The number of fused-ring (bicyclic) bond motifs is 1. The van der Waals surface area contributed by atoms with Crippen molar-refractivity contribution in [3.05, 3.63) is 45.6 Å². The molecule has 0 saturated carbocycles. The van der Waals surface area contributed by atoms with Gasteiger partial charge in [-0.3, -0.25) is 10.1 Å². The molecular weight excluding hydrogens is 228 g/mol. The maximum Gasteiger partial charge on any atom is 0.276 e. The number of hydrogen-bond acceptors (Lipinski definition) is 2. The zero-order chi connectivity index (χ0) is 11.7. The van der Waals surface area contributed by atoms with E-state index in [1.165, 1.54) is 6.07 Å². The van der Waals surface area contributed by atoms with Gasteiger partial charge in [0.2, 0.25) is 5.52 Å². The van der Waals surface area contributed by atoms with Crippen LogP contribution in [0.3, 0.4) is 0 Å². The molecule has 1 heterocycles. The van der Waals surface area contributed by atoms with Crippen LogP contribution in [0.1, 0.15) is 6.92 Å². The first-order valence-electron chi connectivity index (χ1n) is 4.89. The van der Waals surface area contributed by atoms with Gasteiger partial charge in [-0.05, 0) is 13.0 Å². The first kappa shape index (κ1) is 10.8. The highest BCUT2D eigenvalue weighted by molar-refractivity contribution is 6.35. The van der Waals surface area contributed by atoms with E-state index in [-0.39, 0.29) is 5.69 Å². The van der Waals surface area contributed by atoms with Gasteiger partial charge in [-0.25, -0.2) is 0 Å². The van der Waals surface area contributed by atoms with E-state index in [0.29, 0.717) is 5.02 Å². The van der Waals surface area contributed by atoms with Crippen LogP contribution in [0.2, 0.25) is 5.02 Å². The summed E-state index contributed by atoms with van der Waals surface area (Å²) in [5, 5.41) is 12.1. The van der Waals surface area contributed by atoms with Crippen LogP contribution in [0.25, 0.3) is 10.9 Å². The van der Waals surface area contributed by atoms with E-state index in [0.717, 1.165) is 17.4 Å². The number of rotatable bonds is 2. The van der Waals surface area contributed by atoms with Gasteiger partial charge in [-0.15, -0.1) is 0 Å². The van der Waals surface area contributed by atoms with Crippen molar-refractivity contribution in [1.29, 1.82) is 0 Å². The highest BCUT2D eigenvalue weighted by Gasteiger charge is 2.15. The van der Waals surface area contributed by atoms with E-state index in [2.05, 4.69) is 0 Å². The van der Waals surface area contributed by atoms with Crippen molar-refractivity contribution in [2.45, 2.75) is 13.5 Å². The summed E-state index contributed by atoms with van der Waals surface area (Å²) < 4.78 is 1.92. The molecule has 0 aliphatic rings. The van der Waals surface area contributed by atoms with Crippen LogP contribution >= 0.6 is 11.6 Å². The minimum Gasteiger partial charge on any atom is -0.258 e. The van der Waals surface area contributed by atoms with Gasteiger partial charge in [-0.2, -0.15) is 4.57 Å². The Morgan fingerprint density at radius 1 is 1.44 bits per heavy atom. The number of nitro benzene ring substituents is 1. The Morgan fingerprint density at radius 2 is 2.19 bits per heavy atom. The Morgan fingerprint density at radius 3 is 2.81 bits per heavy atom. The van der Waals surface area contributed by atoms with Crippen LogP contribution in [0.15, 0.2) is 30.5 Å². The fourth-order valence-corrected chi connectivity index (χ4v) is 1.89. The highest BCUT2D eigenvalue weighted by Crippen LogP contribution is 2.24. The Bertz CT molecular complexity index is 569. The zero-order valence-electron chi connectivity index (χ0n) is 8.68. The lowest BCUT2D eigenvalue weighted by Crippen LogP contribution is -2.32.